The fourth-order valence-electron chi connectivity index (χ4n) is 4.85. The third-order valence-corrected chi connectivity index (χ3v) is 7.16. The minimum Gasteiger partial charge on any atom is -0.492 e. The number of carbonyl (C=O) groups excluding carboxylic acids is 1. The van der Waals surface area contributed by atoms with Crippen molar-refractivity contribution in [2.24, 2.45) is 0 Å². The van der Waals surface area contributed by atoms with Gasteiger partial charge in [0.05, 0.1) is 14.2 Å². The van der Waals surface area contributed by atoms with Crippen LogP contribution in [0.3, 0.4) is 0 Å². The average molecular weight is 510 g/mol. The van der Waals surface area contributed by atoms with Gasteiger partial charge in [0.25, 0.3) is 5.78 Å². The summed E-state index contributed by atoms with van der Waals surface area (Å²) in [4.78, 5) is 14.5. The summed E-state index contributed by atoms with van der Waals surface area (Å²) in [6.07, 6.45) is 38.2. The zero-order valence-corrected chi connectivity index (χ0v) is 23.8. The van der Waals surface area contributed by atoms with Gasteiger partial charge in [-0.05, 0) is 42.4 Å². The number of allylic oxidation sites excluding steroid dienone is 8. The Balaban J connectivity index is 1.58. The van der Waals surface area contributed by atoms with E-state index in [-0.39, 0.29) is 5.78 Å². The number of ether oxygens (including phenoxy) is 2. The second-order valence-electron chi connectivity index (χ2n) is 10.2. The molecule has 0 atom stereocenters. The summed E-state index contributed by atoms with van der Waals surface area (Å²) in [5.41, 5.74) is 2.03. The molecular weight excluding hydrogens is 458 g/mol. The van der Waals surface area contributed by atoms with Gasteiger partial charge >= 0.3 is 0 Å². The SMILES string of the molecule is CCCCCCCCCCCCCCCCCCN1C=CC=CC1=CC=C1C=C(OC)C(=O)C(OC)=C1. The predicted octanol–water partition coefficient (Wildman–Crippen LogP) is 9.09. The Morgan fingerprint density at radius 1 is 0.676 bits per heavy atom. The molecule has 2 rings (SSSR count). The van der Waals surface area contributed by atoms with Crippen LogP contribution in [-0.2, 0) is 14.3 Å². The zero-order valence-electron chi connectivity index (χ0n) is 23.8. The number of hydrogen-bond acceptors (Lipinski definition) is 4. The molecule has 1 heterocycles. The third-order valence-electron chi connectivity index (χ3n) is 7.16. The van der Waals surface area contributed by atoms with Crippen LogP contribution in [0.2, 0.25) is 0 Å². The van der Waals surface area contributed by atoms with Crippen LogP contribution in [0.1, 0.15) is 110 Å². The zero-order chi connectivity index (χ0) is 26.6. The first-order valence-electron chi connectivity index (χ1n) is 14.8. The Morgan fingerprint density at radius 2 is 1.16 bits per heavy atom. The van der Waals surface area contributed by atoms with E-state index in [0.29, 0.717) is 11.5 Å². The summed E-state index contributed by atoms with van der Waals surface area (Å²) >= 11 is 0. The molecule has 4 heteroatoms. The van der Waals surface area contributed by atoms with E-state index in [0.717, 1.165) is 17.8 Å². The van der Waals surface area contributed by atoms with E-state index in [2.05, 4.69) is 42.3 Å². The highest BCUT2D eigenvalue weighted by atomic mass is 16.5. The van der Waals surface area contributed by atoms with Gasteiger partial charge in [0.1, 0.15) is 0 Å². The highest BCUT2D eigenvalue weighted by molar-refractivity contribution is 6.07. The second kappa shape index (κ2) is 19.6. The van der Waals surface area contributed by atoms with Crippen molar-refractivity contribution < 1.29 is 14.3 Å². The lowest BCUT2D eigenvalue weighted by Crippen LogP contribution is -2.18. The van der Waals surface area contributed by atoms with Gasteiger partial charge in [-0.3, -0.25) is 4.79 Å². The van der Waals surface area contributed by atoms with Crippen LogP contribution >= 0.6 is 0 Å². The van der Waals surface area contributed by atoms with E-state index in [4.69, 9.17) is 9.47 Å². The van der Waals surface area contributed by atoms with Gasteiger partial charge in [-0.1, -0.05) is 115 Å². The predicted molar refractivity (Wildman–Crippen MR) is 156 cm³/mol. The van der Waals surface area contributed by atoms with Crippen molar-refractivity contribution in [2.45, 2.75) is 110 Å². The van der Waals surface area contributed by atoms with Crippen molar-refractivity contribution in [2.75, 3.05) is 20.8 Å². The molecule has 1 aliphatic carbocycles. The molecule has 0 saturated carbocycles. The van der Waals surface area contributed by atoms with E-state index in [1.807, 2.05) is 6.08 Å². The largest absolute Gasteiger partial charge is 0.492 e. The van der Waals surface area contributed by atoms with Gasteiger partial charge in [0.15, 0.2) is 11.5 Å². The quantitative estimate of drug-likeness (QED) is 0.153. The molecule has 0 radical (unpaired) electrons. The normalized spacial score (nSPS) is 16.3. The lowest BCUT2D eigenvalue weighted by Gasteiger charge is -2.23. The Labute approximate surface area is 226 Å². The van der Waals surface area contributed by atoms with Crippen LogP contribution in [-0.4, -0.2) is 31.4 Å². The minimum absolute atomic E-state index is 0.222. The van der Waals surface area contributed by atoms with Crippen LogP contribution in [0, 0.1) is 0 Å². The molecule has 0 bridgehead atoms. The van der Waals surface area contributed by atoms with E-state index < -0.39 is 0 Å². The molecule has 0 saturated heterocycles. The summed E-state index contributed by atoms with van der Waals surface area (Å²) in [5, 5.41) is 0. The number of methoxy groups -OCH3 is 2. The number of unbranched alkanes of at least 4 members (excludes halogenated alkanes) is 15. The molecule has 0 N–H and O–H groups in total. The van der Waals surface area contributed by atoms with Crippen LogP contribution in [0.15, 0.2) is 71.5 Å². The van der Waals surface area contributed by atoms with Crippen molar-refractivity contribution in [1.82, 2.24) is 4.90 Å². The first kappa shape index (κ1) is 30.7. The van der Waals surface area contributed by atoms with E-state index in [1.54, 1.807) is 12.2 Å². The summed E-state index contributed by atoms with van der Waals surface area (Å²) in [6.45, 7) is 3.31. The van der Waals surface area contributed by atoms with Crippen molar-refractivity contribution in [1.29, 1.82) is 0 Å². The first-order valence-corrected chi connectivity index (χ1v) is 14.8. The van der Waals surface area contributed by atoms with Crippen LogP contribution in [0.25, 0.3) is 0 Å². The third kappa shape index (κ3) is 12.5. The van der Waals surface area contributed by atoms with Gasteiger partial charge in [-0.15, -0.1) is 0 Å². The Morgan fingerprint density at radius 3 is 1.65 bits per heavy atom. The number of carbonyl (C=O) groups is 1. The van der Waals surface area contributed by atoms with Crippen LogP contribution in [0.5, 0.6) is 0 Å². The molecular formula is C33H51NO3. The number of Topliss-reactive ketones (excluding diaryl/α,β-unsaturated/α-hetero) is 1. The monoisotopic (exact) mass is 509 g/mol. The number of nitrogens with zero attached hydrogens (tertiary/aromatic N) is 1. The highest BCUT2D eigenvalue weighted by Crippen LogP contribution is 2.21. The molecule has 2 aliphatic rings. The standard InChI is InChI=1S/C33H51NO3/c1-4-5-6-7-8-9-10-11-12-13-14-15-16-17-18-20-25-34-26-21-19-22-30(34)24-23-29-27-31(36-2)33(35)32(28-29)37-3/h19,21-24,26-28H,4-18,20,25H2,1-3H3. The second-order valence-corrected chi connectivity index (χ2v) is 10.2. The molecule has 1 aliphatic heterocycles. The molecule has 0 aromatic heterocycles. The maximum atomic E-state index is 12.2. The van der Waals surface area contributed by atoms with E-state index >= 15 is 0 Å². The number of ketones is 1. The molecule has 0 spiro atoms. The maximum absolute atomic E-state index is 12.2. The van der Waals surface area contributed by atoms with Crippen molar-refractivity contribution in [3.63, 3.8) is 0 Å². The fourth-order valence-corrected chi connectivity index (χ4v) is 4.85. The summed E-state index contributed by atoms with van der Waals surface area (Å²) in [7, 11) is 3.01. The highest BCUT2D eigenvalue weighted by Gasteiger charge is 2.21. The van der Waals surface area contributed by atoms with Gasteiger partial charge in [0.2, 0.25) is 0 Å². The molecule has 0 aromatic carbocycles. The van der Waals surface area contributed by atoms with Gasteiger partial charge in [-0.25, -0.2) is 0 Å². The van der Waals surface area contributed by atoms with Crippen molar-refractivity contribution >= 4 is 5.78 Å². The fraction of sp³-hybridized carbons (Fsp3) is 0.606. The maximum Gasteiger partial charge on any atom is 0.261 e. The van der Waals surface area contributed by atoms with Gasteiger partial charge < -0.3 is 14.4 Å². The van der Waals surface area contributed by atoms with Crippen molar-refractivity contribution in [3.8, 4) is 0 Å². The summed E-state index contributed by atoms with van der Waals surface area (Å²) in [6, 6.07) is 0. The first-order chi connectivity index (χ1) is 18.2. The molecule has 0 fully saturated rings. The van der Waals surface area contributed by atoms with Gasteiger partial charge in [0, 0.05) is 18.4 Å². The Bertz CT molecular complexity index is 818. The van der Waals surface area contributed by atoms with E-state index in [9.17, 15) is 4.79 Å². The molecule has 4 nitrogen and oxygen atoms in total. The Kier molecular flexibility index (Phi) is 16.3. The summed E-state index contributed by atoms with van der Waals surface area (Å²) < 4.78 is 10.4. The molecule has 37 heavy (non-hydrogen) atoms. The van der Waals surface area contributed by atoms with Crippen LogP contribution in [0.4, 0.5) is 0 Å². The molecule has 0 aromatic rings. The molecule has 0 amide bonds. The molecule has 0 unspecified atom stereocenters. The summed E-state index contributed by atoms with van der Waals surface area (Å²) in [5.74, 6) is 0.377. The number of hydrogen-bond donors (Lipinski definition) is 0. The average Bonchev–Trinajstić information content (AvgIpc) is 2.92. The molecule has 206 valence electrons. The lowest BCUT2D eigenvalue weighted by molar-refractivity contribution is -0.117. The topological polar surface area (TPSA) is 38.8 Å². The van der Waals surface area contributed by atoms with Crippen molar-refractivity contribution in [3.05, 3.63) is 71.5 Å². The smallest absolute Gasteiger partial charge is 0.261 e. The van der Waals surface area contributed by atoms with E-state index in [1.165, 1.54) is 117 Å². The van der Waals surface area contributed by atoms with Gasteiger partial charge in [-0.2, -0.15) is 0 Å². The Hall–Kier alpha value is -2.49. The minimum atomic E-state index is -0.222. The lowest BCUT2D eigenvalue weighted by atomic mass is 10.0. The van der Waals surface area contributed by atoms with Crippen LogP contribution < -0.4 is 0 Å². The number of rotatable bonds is 20.